The monoisotopic (exact) mass is 186 g/mol. The van der Waals surface area contributed by atoms with E-state index in [1.807, 2.05) is 6.92 Å². The van der Waals surface area contributed by atoms with Crippen molar-refractivity contribution in [2.24, 2.45) is 5.73 Å². The van der Waals surface area contributed by atoms with Crippen molar-refractivity contribution in [3.8, 4) is 0 Å². The number of aliphatic hydroxyl groups excluding tert-OH is 1. The van der Waals surface area contributed by atoms with Crippen LogP contribution in [-0.2, 0) is 4.79 Å². The van der Waals surface area contributed by atoms with Gasteiger partial charge in [-0.05, 0) is 26.7 Å². The van der Waals surface area contributed by atoms with Gasteiger partial charge in [0, 0.05) is 18.6 Å². The van der Waals surface area contributed by atoms with E-state index in [0.717, 1.165) is 12.8 Å². The summed E-state index contributed by atoms with van der Waals surface area (Å²) in [4.78, 5) is 13.0. The molecular formula is C9H18N2O2. The number of carbonyl (C=O) groups excluding carboxylic acids is 1. The van der Waals surface area contributed by atoms with E-state index in [4.69, 9.17) is 10.8 Å². The van der Waals surface area contributed by atoms with E-state index in [9.17, 15) is 4.79 Å². The van der Waals surface area contributed by atoms with Gasteiger partial charge in [-0.25, -0.2) is 0 Å². The van der Waals surface area contributed by atoms with Crippen LogP contribution in [0.15, 0.2) is 0 Å². The van der Waals surface area contributed by atoms with Crippen molar-refractivity contribution in [1.82, 2.24) is 4.90 Å². The molecule has 1 fully saturated rings. The number of nitrogens with two attached hydrogens (primary N) is 1. The summed E-state index contributed by atoms with van der Waals surface area (Å²) in [6.07, 6.45) is 0.735. The second-order valence-electron chi connectivity index (χ2n) is 4.16. The Morgan fingerprint density at radius 1 is 1.54 bits per heavy atom. The summed E-state index contributed by atoms with van der Waals surface area (Å²) in [7, 11) is 0. The van der Waals surface area contributed by atoms with E-state index in [1.165, 1.54) is 6.92 Å². The lowest BCUT2D eigenvalue weighted by molar-refractivity contribution is -0.140. The Morgan fingerprint density at radius 2 is 2.00 bits per heavy atom. The van der Waals surface area contributed by atoms with Gasteiger partial charge in [0.15, 0.2) is 0 Å². The van der Waals surface area contributed by atoms with Crippen molar-refractivity contribution in [3.63, 3.8) is 0 Å². The normalized spacial score (nSPS) is 24.2. The number of hydrogen-bond donors (Lipinski definition) is 2. The van der Waals surface area contributed by atoms with Crippen LogP contribution >= 0.6 is 0 Å². The molecule has 0 spiro atoms. The molecule has 0 aromatic heterocycles. The van der Waals surface area contributed by atoms with E-state index in [1.54, 1.807) is 4.90 Å². The molecule has 76 valence electrons. The van der Waals surface area contributed by atoms with Crippen molar-refractivity contribution in [2.45, 2.75) is 38.3 Å². The molecule has 4 heteroatoms. The molecule has 1 heterocycles. The average molecular weight is 186 g/mol. The standard InChI is InChI=1S/C9H18N2O2/c1-7(12)8(13)11-5-3-9(2,10)4-6-11/h7,12H,3-6,10H2,1-2H3/t7-/m1/s1. The fourth-order valence-electron chi connectivity index (χ4n) is 1.50. The van der Waals surface area contributed by atoms with Gasteiger partial charge in [-0.3, -0.25) is 4.79 Å². The Morgan fingerprint density at radius 3 is 2.38 bits per heavy atom. The van der Waals surface area contributed by atoms with Crippen molar-refractivity contribution in [2.75, 3.05) is 13.1 Å². The summed E-state index contributed by atoms with van der Waals surface area (Å²) in [6, 6.07) is 0. The largest absolute Gasteiger partial charge is 0.384 e. The number of amides is 1. The number of rotatable bonds is 1. The van der Waals surface area contributed by atoms with E-state index in [2.05, 4.69) is 0 Å². The molecule has 0 unspecified atom stereocenters. The minimum atomic E-state index is -0.887. The molecule has 1 aliphatic rings. The lowest BCUT2D eigenvalue weighted by Crippen LogP contribution is -2.51. The van der Waals surface area contributed by atoms with Crippen LogP contribution in [0.1, 0.15) is 26.7 Å². The summed E-state index contributed by atoms with van der Waals surface area (Å²) in [5.74, 6) is -0.185. The first-order valence-electron chi connectivity index (χ1n) is 4.68. The molecule has 4 nitrogen and oxygen atoms in total. The molecule has 1 atom stereocenters. The molecule has 1 saturated heterocycles. The van der Waals surface area contributed by atoms with Gasteiger partial charge in [-0.1, -0.05) is 0 Å². The Labute approximate surface area is 78.7 Å². The highest BCUT2D eigenvalue weighted by Gasteiger charge is 2.29. The maximum Gasteiger partial charge on any atom is 0.251 e. The van der Waals surface area contributed by atoms with Crippen molar-refractivity contribution < 1.29 is 9.90 Å². The zero-order valence-corrected chi connectivity index (χ0v) is 8.29. The van der Waals surface area contributed by atoms with Crippen LogP contribution in [0.5, 0.6) is 0 Å². The van der Waals surface area contributed by atoms with E-state index >= 15 is 0 Å². The molecule has 13 heavy (non-hydrogen) atoms. The fourth-order valence-corrected chi connectivity index (χ4v) is 1.50. The zero-order valence-electron chi connectivity index (χ0n) is 8.29. The lowest BCUT2D eigenvalue weighted by Gasteiger charge is -2.37. The van der Waals surface area contributed by atoms with Gasteiger partial charge in [0.2, 0.25) is 0 Å². The van der Waals surface area contributed by atoms with Crippen molar-refractivity contribution in [1.29, 1.82) is 0 Å². The van der Waals surface area contributed by atoms with Crippen molar-refractivity contribution >= 4 is 5.91 Å². The lowest BCUT2D eigenvalue weighted by atomic mass is 9.91. The summed E-state index contributed by atoms with van der Waals surface area (Å²) in [5, 5.41) is 9.08. The average Bonchev–Trinajstić information content (AvgIpc) is 2.03. The zero-order chi connectivity index (χ0) is 10.1. The molecule has 1 amide bonds. The van der Waals surface area contributed by atoms with Crippen LogP contribution in [0, 0.1) is 0 Å². The highest BCUT2D eigenvalue weighted by atomic mass is 16.3. The second kappa shape index (κ2) is 3.64. The minimum Gasteiger partial charge on any atom is -0.384 e. The highest BCUT2D eigenvalue weighted by Crippen LogP contribution is 2.18. The summed E-state index contributed by atoms with van der Waals surface area (Å²) >= 11 is 0. The SMILES string of the molecule is C[C@@H](O)C(=O)N1CCC(C)(N)CC1. The van der Waals surface area contributed by atoms with Crippen LogP contribution in [0.25, 0.3) is 0 Å². The van der Waals surface area contributed by atoms with Crippen LogP contribution < -0.4 is 5.73 Å². The van der Waals surface area contributed by atoms with Gasteiger partial charge in [0.25, 0.3) is 5.91 Å². The van der Waals surface area contributed by atoms with Gasteiger partial charge < -0.3 is 15.7 Å². The molecule has 0 radical (unpaired) electrons. The maximum absolute atomic E-state index is 11.3. The van der Waals surface area contributed by atoms with E-state index < -0.39 is 6.10 Å². The first-order valence-corrected chi connectivity index (χ1v) is 4.68. The molecule has 0 bridgehead atoms. The predicted octanol–water partition coefficient (Wildman–Crippen LogP) is -0.293. The topological polar surface area (TPSA) is 66.6 Å². The Kier molecular flexibility index (Phi) is 2.93. The predicted molar refractivity (Wildman–Crippen MR) is 50.1 cm³/mol. The Hall–Kier alpha value is -0.610. The third kappa shape index (κ3) is 2.67. The first-order chi connectivity index (χ1) is 5.92. The Balaban J connectivity index is 2.46. The van der Waals surface area contributed by atoms with Crippen LogP contribution in [0.3, 0.4) is 0 Å². The van der Waals surface area contributed by atoms with E-state index in [-0.39, 0.29) is 11.4 Å². The molecule has 0 aliphatic carbocycles. The number of likely N-dealkylation sites (tertiary alicyclic amines) is 1. The first kappa shape index (κ1) is 10.5. The van der Waals surface area contributed by atoms with Crippen LogP contribution in [-0.4, -0.2) is 40.6 Å². The smallest absolute Gasteiger partial charge is 0.251 e. The summed E-state index contributed by atoms with van der Waals surface area (Å²) in [5.41, 5.74) is 5.77. The second-order valence-corrected chi connectivity index (χ2v) is 4.16. The van der Waals surface area contributed by atoms with Gasteiger partial charge in [-0.15, -0.1) is 0 Å². The molecule has 0 aromatic carbocycles. The summed E-state index contributed by atoms with van der Waals surface area (Å²) in [6.45, 7) is 4.82. The fraction of sp³-hybridized carbons (Fsp3) is 0.889. The number of hydrogen-bond acceptors (Lipinski definition) is 3. The van der Waals surface area contributed by atoms with Gasteiger partial charge >= 0.3 is 0 Å². The molecule has 1 aliphatic heterocycles. The minimum absolute atomic E-state index is 0.143. The molecule has 0 aromatic rings. The molecule has 3 N–H and O–H groups in total. The number of piperidine rings is 1. The maximum atomic E-state index is 11.3. The third-order valence-electron chi connectivity index (χ3n) is 2.57. The number of nitrogens with zero attached hydrogens (tertiary/aromatic N) is 1. The highest BCUT2D eigenvalue weighted by molar-refractivity contribution is 5.80. The molecular weight excluding hydrogens is 168 g/mol. The van der Waals surface area contributed by atoms with Crippen molar-refractivity contribution in [3.05, 3.63) is 0 Å². The van der Waals surface area contributed by atoms with Gasteiger partial charge in [0.1, 0.15) is 6.10 Å². The van der Waals surface area contributed by atoms with Gasteiger partial charge in [0.05, 0.1) is 0 Å². The van der Waals surface area contributed by atoms with Crippen LogP contribution in [0.4, 0.5) is 0 Å². The number of aliphatic hydroxyl groups is 1. The van der Waals surface area contributed by atoms with Gasteiger partial charge in [-0.2, -0.15) is 0 Å². The Bertz CT molecular complexity index is 192. The number of carbonyl (C=O) groups is 1. The van der Waals surface area contributed by atoms with Crippen LogP contribution in [0.2, 0.25) is 0 Å². The summed E-state index contributed by atoms with van der Waals surface area (Å²) < 4.78 is 0. The molecule has 1 rings (SSSR count). The quantitative estimate of drug-likeness (QED) is 0.591. The molecule has 0 saturated carbocycles. The third-order valence-corrected chi connectivity index (χ3v) is 2.57. The van der Waals surface area contributed by atoms with E-state index in [0.29, 0.717) is 13.1 Å².